The summed E-state index contributed by atoms with van der Waals surface area (Å²) in [7, 11) is 0. The number of esters is 1. The standard InChI is InChI=1S/C23H30N2O4/c1-19(2)28-23(27)18-24(16-21-10-6-4-7-11-21)14-15-25(29-20(3)26)17-22-12-8-5-9-13-22/h4-13,19H,14-18H2,1-3H3. The molecule has 0 radical (unpaired) electrons. The van der Waals surface area contributed by atoms with Crippen molar-refractivity contribution in [3.05, 3.63) is 71.8 Å². The van der Waals surface area contributed by atoms with Crippen molar-refractivity contribution in [3.8, 4) is 0 Å². The second-order valence-electron chi connectivity index (χ2n) is 7.17. The lowest BCUT2D eigenvalue weighted by atomic mass is 10.2. The zero-order chi connectivity index (χ0) is 21.1. The minimum absolute atomic E-state index is 0.156. The lowest BCUT2D eigenvalue weighted by Crippen LogP contribution is -2.38. The van der Waals surface area contributed by atoms with Crippen LogP contribution in [0, 0.1) is 0 Å². The van der Waals surface area contributed by atoms with Gasteiger partial charge in [0, 0.05) is 26.6 Å². The number of benzene rings is 2. The first-order valence-electron chi connectivity index (χ1n) is 9.85. The summed E-state index contributed by atoms with van der Waals surface area (Å²) in [5.74, 6) is -0.632. The maximum absolute atomic E-state index is 12.2. The Labute approximate surface area is 173 Å². The number of hydrogen-bond acceptors (Lipinski definition) is 6. The third-order valence-electron chi connectivity index (χ3n) is 4.09. The highest BCUT2D eigenvalue weighted by Crippen LogP contribution is 2.09. The minimum atomic E-state index is -0.366. The topological polar surface area (TPSA) is 59.1 Å². The molecular weight excluding hydrogens is 368 g/mol. The number of hydroxylamine groups is 2. The van der Waals surface area contributed by atoms with Crippen molar-refractivity contribution in [2.75, 3.05) is 19.6 Å². The number of carbonyl (C=O) groups is 2. The van der Waals surface area contributed by atoms with Crippen LogP contribution in [0.2, 0.25) is 0 Å². The molecule has 0 aliphatic carbocycles. The third kappa shape index (κ3) is 9.36. The Morgan fingerprint density at radius 2 is 1.41 bits per heavy atom. The van der Waals surface area contributed by atoms with Crippen LogP contribution in [0.1, 0.15) is 31.9 Å². The summed E-state index contributed by atoms with van der Waals surface area (Å²) in [6.07, 6.45) is -0.156. The largest absolute Gasteiger partial charge is 0.462 e. The predicted octanol–water partition coefficient (Wildman–Crippen LogP) is 3.42. The molecule has 0 aliphatic rings. The van der Waals surface area contributed by atoms with Crippen LogP contribution in [0.3, 0.4) is 0 Å². The molecule has 0 N–H and O–H groups in total. The molecule has 2 aromatic rings. The Morgan fingerprint density at radius 3 is 1.93 bits per heavy atom. The van der Waals surface area contributed by atoms with Crippen molar-refractivity contribution in [2.45, 2.75) is 40.0 Å². The summed E-state index contributed by atoms with van der Waals surface area (Å²) in [6, 6.07) is 19.8. The molecule has 156 valence electrons. The van der Waals surface area contributed by atoms with Gasteiger partial charge in [0.15, 0.2) is 0 Å². The number of carbonyl (C=O) groups excluding carboxylic acids is 2. The molecule has 6 nitrogen and oxygen atoms in total. The SMILES string of the molecule is CC(=O)ON(CCN(CC(=O)OC(C)C)Cc1ccccc1)Cc1ccccc1. The van der Waals surface area contributed by atoms with E-state index in [0.29, 0.717) is 26.2 Å². The van der Waals surface area contributed by atoms with Crippen molar-refractivity contribution >= 4 is 11.9 Å². The van der Waals surface area contributed by atoms with E-state index in [1.165, 1.54) is 6.92 Å². The van der Waals surface area contributed by atoms with E-state index in [1.807, 2.05) is 79.4 Å². The maximum Gasteiger partial charge on any atom is 0.322 e. The molecule has 0 spiro atoms. The van der Waals surface area contributed by atoms with Gasteiger partial charge in [-0.2, -0.15) is 0 Å². The fourth-order valence-corrected chi connectivity index (χ4v) is 2.92. The Morgan fingerprint density at radius 1 is 0.862 bits per heavy atom. The summed E-state index contributed by atoms with van der Waals surface area (Å²) >= 11 is 0. The van der Waals surface area contributed by atoms with Crippen molar-refractivity contribution in [1.82, 2.24) is 9.96 Å². The average Bonchev–Trinajstić information content (AvgIpc) is 2.66. The Balaban J connectivity index is 2.03. The molecule has 0 saturated carbocycles. The highest BCUT2D eigenvalue weighted by atomic mass is 16.7. The van der Waals surface area contributed by atoms with Crippen LogP contribution in [0.25, 0.3) is 0 Å². The summed E-state index contributed by atoms with van der Waals surface area (Å²) in [5.41, 5.74) is 2.15. The van der Waals surface area contributed by atoms with Crippen molar-refractivity contribution in [2.24, 2.45) is 0 Å². The molecule has 2 aromatic carbocycles. The van der Waals surface area contributed by atoms with Gasteiger partial charge in [0.1, 0.15) is 0 Å². The molecule has 0 aromatic heterocycles. The molecule has 29 heavy (non-hydrogen) atoms. The van der Waals surface area contributed by atoms with Crippen molar-refractivity contribution in [3.63, 3.8) is 0 Å². The quantitative estimate of drug-likeness (QED) is 0.427. The summed E-state index contributed by atoms with van der Waals surface area (Å²) in [6.45, 7) is 7.33. The van der Waals surface area contributed by atoms with Crippen molar-refractivity contribution < 1.29 is 19.2 Å². The van der Waals surface area contributed by atoms with Crippen LogP contribution in [-0.4, -0.2) is 47.6 Å². The molecule has 2 rings (SSSR count). The smallest absolute Gasteiger partial charge is 0.322 e. The van der Waals surface area contributed by atoms with Gasteiger partial charge in [-0.15, -0.1) is 5.06 Å². The highest BCUT2D eigenvalue weighted by molar-refractivity contribution is 5.71. The first kappa shape index (κ1) is 22.6. The number of ether oxygens (including phenoxy) is 1. The predicted molar refractivity (Wildman–Crippen MR) is 112 cm³/mol. The third-order valence-corrected chi connectivity index (χ3v) is 4.09. The Bertz CT molecular complexity index is 750. The lowest BCUT2D eigenvalue weighted by molar-refractivity contribution is -0.192. The fourth-order valence-electron chi connectivity index (χ4n) is 2.92. The van der Waals surface area contributed by atoms with Crippen LogP contribution in [0.15, 0.2) is 60.7 Å². The van der Waals surface area contributed by atoms with Crippen LogP contribution >= 0.6 is 0 Å². The molecule has 0 unspecified atom stereocenters. The molecule has 0 fully saturated rings. The highest BCUT2D eigenvalue weighted by Gasteiger charge is 2.17. The van der Waals surface area contributed by atoms with Gasteiger partial charge in [0.2, 0.25) is 0 Å². The van der Waals surface area contributed by atoms with E-state index in [0.717, 1.165) is 11.1 Å². The van der Waals surface area contributed by atoms with Gasteiger partial charge in [-0.3, -0.25) is 14.5 Å². The van der Waals surface area contributed by atoms with E-state index in [1.54, 1.807) is 5.06 Å². The summed E-state index contributed by atoms with van der Waals surface area (Å²) in [5, 5.41) is 1.63. The van der Waals surface area contributed by atoms with E-state index < -0.39 is 0 Å². The maximum atomic E-state index is 12.2. The van der Waals surface area contributed by atoms with Crippen molar-refractivity contribution in [1.29, 1.82) is 0 Å². The molecule has 0 saturated heterocycles. The van der Waals surface area contributed by atoms with Crippen LogP contribution in [-0.2, 0) is 32.3 Å². The molecule has 0 amide bonds. The van der Waals surface area contributed by atoms with Gasteiger partial charge in [0.25, 0.3) is 0 Å². The number of nitrogens with zero attached hydrogens (tertiary/aromatic N) is 2. The zero-order valence-electron chi connectivity index (χ0n) is 17.4. The minimum Gasteiger partial charge on any atom is -0.462 e. The summed E-state index contributed by atoms with van der Waals surface area (Å²) in [4.78, 5) is 31.1. The average molecular weight is 399 g/mol. The van der Waals surface area contributed by atoms with Gasteiger partial charge >= 0.3 is 11.9 Å². The van der Waals surface area contributed by atoms with E-state index in [4.69, 9.17) is 9.57 Å². The molecule has 0 aliphatic heterocycles. The monoisotopic (exact) mass is 398 g/mol. The molecule has 0 heterocycles. The second-order valence-corrected chi connectivity index (χ2v) is 7.17. The molecule has 0 bridgehead atoms. The lowest BCUT2D eigenvalue weighted by Gasteiger charge is -2.26. The second kappa shape index (κ2) is 12.0. The Hall–Kier alpha value is -2.70. The first-order valence-corrected chi connectivity index (χ1v) is 9.85. The van der Waals surface area contributed by atoms with Crippen LogP contribution < -0.4 is 0 Å². The van der Waals surface area contributed by atoms with Crippen LogP contribution in [0.5, 0.6) is 0 Å². The summed E-state index contributed by atoms with van der Waals surface area (Å²) < 4.78 is 5.31. The molecule has 6 heteroatoms. The van der Waals surface area contributed by atoms with Gasteiger partial charge in [-0.25, -0.2) is 0 Å². The van der Waals surface area contributed by atoms with E-state index in [-0.39, 0.29) is 24.6 Å². The van der Waals surface area contributed by atoms with E-state index in [9.17, 15) is 9.59 Å². The fraction of sp³-hybridized carbons (Fsp3) is 0.391. The van der Waals surface area contributed by atoms with E-state index in [2.05, 4.69) is 0 Å². The van der Waals surface area contributed by atoms with Gasteiger partial charge in [-0.05, 0) is 25.0 Å². The number of hydrogen-bond donors (Lipinski definition) is 0. The first-order chi connectivity index (χ1) is 13.9. The van der Waals surface area contributed by atoms with E-state index >= 15 is 0 Å². The zero-order valence-corrected chi connectivity index (χ0v) is 17.4. The van der Waals surface area contributed by atoms with Crippen LogP contribution in [0.4, 0.5) is 0 Å². The van der Waals surface area contributed by atoms with Gasteiger partial charge in [0.05, 0.1) is 19.2 Å². The normalized spacial score (nSPS) is 11.1. The molecule has 0 atom stereocenters. The van der Waals surface area contributed by atoms with Gasteiger partial charge < -0.3 is 9.57 Å². The number of rotatable bonds is 11. The van der Waals surface area contributed by atoms with Gasteiger partial charge in [-0.1, -0.05) is 60.7 Å². The Kier molecular flexibility index (Phi) is 9.34. The molecular formula is C23H30N2O4.